The van der Waals surface area contributed by atoms with Crippen molar-refractivity contribution in [1.82, 2.24) is 0 Å². The molecule has 0 heterocycles. The number of hydrogen-bond acceptors (Lipinski definition) is 2. The lowest BCUT2D eigenvalue weighted by Gasteiger charge is -2.38. The maximum absolute atomic E-state index is 11.3. The summed E-state index contributed by atoms with van der Waals surface area (Å²) in [5.74, 6) is 2.16. The number of aromatic carboxylic acids is 1. The van der Waals surface area contributed by atoms with E-state index in [9.17, 15) is 9.59 Å². The van der Waals surface area contributed by atoms with Crippen LogP contribution >= 0.6 is 0 Å². The molecule has 0 saturated heterocycles. The Bertz CT molecular complexity index is 627. The third-order valence-corrected chi connectivity index (χ3v) is 11.0. The van der Waals surface area contributed by atoms with Crippen molar-refractivity contribution in [2.75, 3.05) is 0 Å². The van der Waals surface area contributed by atoms with Crippen LogP contribution in [0, 0.1) is 11.5 Å². The Morgan fingerprint density at radius 2 is 1.61 bits per heavy atom. The van der Waals surface area contributed by atoms with Crippen LogP contribution in [0.1, 0.15) is 67.8 Å². The molecule has 0 atom stereocenters. The predicted octanol–water partition coefficient (Wildman–Crippen LogP) is 4.77. The zero-order valence-corrected chi connectivity index (χ0v) is 15.8. The topological polar surface area (TPSA) is 54.4 Å². The summed E-state index contributed by atoms with van der Waals surface area (Å²) >= 11 is 0. The summed E-state index contributed by atoms with van der Waals surface area (Å²) < 4.78 is 0. The molecule has 0 spiro atoms. The Hall–Kier alpha value is -1.86. The van der Waals surface area contributed by atoms with Crippen LogP contribution in [-0.4, -0.2) is 25.4 Å². The highest BCUT2D eigenvalue weighted by atomic mass is 28.3. The summed E-state index contributed by atoms with van der Waals surface area (Å²) in [6, 6.07) is 4.53. The Balaban J connectivity index is 3.43. The molecule has 0 saturated carbocycles. The van der Waals surface area contributed by atoms with Crippen LogP contribution in [0.5, 0.6) is 0 Å². The quantitative estimate of drug-likeness (QED) is 0.481. The second-order valence-corrected chi connectivity index (χ2v) is 12.5. The molecular weight excluding hydrogens is 304 g/mol. The summed E-state index contributed by atoms with van der Waals surface area (Å²) in [4.78, 5) is 22.3. The van der Waals surface area contributed by atoms with Crippen LogP contribution in [0.2, 0.25) is 16.6 Å². The van der Waals surface area contributed by atoms with Crippen LogP contribution in [0.4, 0.5) is 0 Å². The number of carbonyl (C=O) groups excluding carboxylic acids is 1. The third kappa shape index (κ3) is 3.91. The molecule has 1 aromatic rings. The monoisotopic (exact) mass is 330 g/mol. The largest absolute Gasteiger partial charge is 0.478 e. The summed E-state index contributed by atoms with van der Waals surface area (Å²) in [6.45, 7) is 13.4. The van der Waals surface area contributed by atoms with Gasteiger partial charge in [0.1, 0.15) is 8.07 Å². The molecule has 0 fully saturated rings. The third-order valence-electron chi connectivity index (χ3n) is 4.71. The SMILES string of the molecule is CC(C)[Si](C#Cc1ccc(C(=O)O)cc1C=O)(C(C)C)C(C)C. The van der Waals surface area contributed by atoms with Gasteiger partial charge in [-0.3, -0.25) is 4.79 Å². The summed E-state index contributed by atoms with van der Waals surface area (Å²) in [7, 11) is -1.87. The van der Waals surface area contributed by atoms with E-state index in [2.05, 4.69) is 53.0 Å². The van der Waals surface area contributed by atoms with Gasteiger partial charge in [-0.1, -0.05) is 47.5 Å². The Labute approximate surface area is 140 Å². The first-order valence-electron chi connectivity index (χ1n) is 8.02. The lowest BCUT2D eigenvalue weighted by molar-refractivity contribution is 0.0697. The Morgan fingerprint density at radius 3 is 2.00 bits per heavy atom. The summed E-state index contributed by atoms with van der Waals surface area (Å²) in [6.07, 6.45) is 0.680. The van der Waals surface area contributed by atoms with Gasteiger partial charge in [0.25, 0.3) is 0 Å². The Morgan fingerprint density at radius 1 is 1.09 bits per heavy atom. The van der Waals surface area contributed by atoms with E-state index < -0.39 is 14.0 Å². The van der Waals surface area contributed by atoms with Crippen molar-refractivity contribution < 1.29 is 14.7 Å². The van der Waals surface area contributed by atoms with E-state index in [1.807, 2.05) is 0 Å². The molecule has 0 aliphatic heterocycles. The average molecular weight is 331 g/mol. The Kier molecular flexibility index (Phi) is 6.34. The van der Waals surface area contributed by atoms with Crippen LogP contribution in [-0.2, 0) is 0 Å². The minimum atomic E-state index is -1.87. The van der Waals surface area contributed by atoms with E-state index in [1.54, 1.807) is 6.07 Å². The molecule has 0 aliphatic rings. The highest BCUT2D eigenvalue weighted by molar-refractivity contribution is 6.90. The molecule has 1 rings (SSSR count). The van der Waals surface area contributed by atoms with Crippen LogP contribution in [0.3, 0.4) is 0 Å². The fourth-order valence-corrected chi connectivity index (χ4v) is 8.73. The lowest BCUT2D eigenvalue weighted by atomic mass is 10.1. The highest BCUT2D eigenvalue weighted by Gasteiger charge is 2.41. The predicted molar refractivity (Wildman–Crippen MR) is 96.7 cm³/mol. The first-order valence-corrected chi connectivity index (χ1v) is 10.3. The van der Waals surface area contributed by atoms with Crippen LogP contribution in [0.15, 0.2) is 18.2 Å². The first-order chi connectivity index (χ1) is 10.7. The molecule has 1 aromatic carbocycles. The molecule has 3 nitrogen and oxygen atoms in total. The van der Waals surface area contributed by atoms with Crippen molar-refractivity contribution in [3.8, 4) is 11.5 Å². The van der Waals surface area contributed by atoms with Gasteiger partial charge in [-0.2, -0.15) is 0 Å². The minimum Gasteiger partial charge on any atom is -0.478 e. The standard InChI is InChI=1S/C19H26O3Si/c1-13(2)23(14(3)4,15(5)6)10-9-16-7-8-17(19(21)22)11-18(16)12-20/h7-8,11-15H,1-6H3,(H,21,22). The number of benzene rings is 1. The maximum atomic E-state index is 11.3. The van der Waals surface area contributed by atoms with Crippen molar-refractivity contribution in [2.45, 2.75) is 58.2 Å². The smallest absolute Gasteiger partial charge is 0.335 e. The van der Waals surface area contributed by atoms with Crippen molar-refractivity contribution >= 4 is 20.3 Å². The number of carboxylic acids is 1. The van der Waals surface area contributed by atoms with E-state index >= 15 is 0 Å². The fraction of sp³-hybridized carbons (Fsp3) is 0.474. The van der Waals surface area contributed by atoms with Gasteiger partial charge in [0, 0.05) is 11.1 Å². The van der Waals surface area contributed by atoms with Crippen molar-refractivity contribution in [2.24, 2.45) is 0 Å². The molecule has 0 aliphatic carbocycles. The fourth-order valence-electron chi connectivity index (χ4n) is 3.52. The van der Waals surface area contributed by atoms with Gasteiger partial charge < -0.3 is 5.11 Å². The summed E-state index contributed by atoms with van der Waals surface area (Å²) in [5.41, 5.74) is 6.14. The number of aldehydes is 1. The van der Waals surface area contributed by atoms with Gasteiger partial charge in [-0.25, -0.2) is 4.79 Å². The van der Waals surface area contributed by atoms with Gasteiger partial charge >= 0.3 is 5.97 Å². The number of carbonyl (C=O) groups is 2. The first kappa shape index (κ1) is 19.2. The molecule has 1 N–H and O–H groups in total. The lowest BCUT2D eigenvalue weighted by Crippen LogP contribution is -2.43. The molecule has 4 heteroatoms. The number of carboxylic acid groups (broad SMARTS) is 1. The highest BCUT2D eigenvalue weighted by Crippen LogP contribution is 2.40. The summed E-state index contributed by atoms with van der Waals surface area (Å²) in [5, 5.41) is 9.03. The van der Waals surface area contributed by atoms with E-state index in [1.165, 1.54) is 12.1 Å². The second kappa shape index (κ2) is 7.61. The molecule has 0 bridgehead atoms. The van der Waals surface area contributed by atoms with E-state index in [-0.39, 0.29) is 5.56 Å². The van der Waals surface area contributed by atoms with Gasteiger partial charge in [0.05, 0.1) is 5.56 Å². The van der Waals surface area contributed by atoms with Crippen molar-refractivity contribution in [1.29, 1.82) is 0 Å². The zero-order valence-electron chi connectivity index (χ0n) is 14.8. The molecule has 124 valence electrons. The zero-order chi connectivity index (χ0) is 17.8. The van der Waals surface area contributed by atoms with Gasteiger partial charge in [0.15, 0.2) is 6.29 Å². The van der Waals surface area contributed by atoms with E-state index in [4.69, 9.17) is 5.11 Å². The molecule has 0 aromatic heterocycles. The van der Waals surface area contributed by atoms with Crippen molar-refractivity contribution in [3.63, 3.8) is 0 Å². The average Bonchev–Trinajstić information content (AvgIpc) is 2.46. The minimum absolute atomic E-state index is 0.109. The van der Waals surface area contributed by atoms with E-state index in [0.717, 1.165) is 0 Å². The van der Waals surface area contributed by atoms with Gasteiger partial charge in [0.2, 0.25) is 0 Å². The normalized spacial score (nSPS) is 11.5. The van der Waals surface area contributed by atoms with Gasteiger partial charge in [-0.15, -0.1) is 5.54 Å². The molecule has 23 heavy (non-hydrogen) atoms. The second-order valence-electron chi connectivity index (χ2n) is 6.87. The molecular formula is C19H26O3Si. The molecule has 0 amide bonds. The van der Waals surface area contributed by atoms with Gasteiger partial charge in [-0.05, 0) is 34.8 Å². The number of hydrogen-bond donors (Lipinski definition) is 1. The molecule has 0 unspecified atom stereocenters. The molecule has 0 radical (unpaired) electrons. The van der Waals surface area contributed by atoms with Crippen LogP contribution in [0.25, 0.3) is 0 Å². The van der Waals surface area contributed by atoms with E-state index in [0.29, 0.717) is 34.0 Å². The van der Waals surface area contributed by atoms with Crippen LogP contribution < -0.4 is 0 Å². The number of rotatable bonds is 5. The van der Waals surface area contributed by atoms with Crippen molar-refractivity contribution in [3.05, 3.63) is 34.9 Å². The maximum Gasteiger partial charge on any atom is 0.335 e.